The van der Waals surface area contributed by atoms with E-state index in [1.165, 1.54) is 12.1 Å². The summed E-state index contributed by atoms with van der Waals surface area (Å²) in [5, 5.41) is 4.53. The summed E-state index contributed by atoms with van der Waals surface area (Å²) in [5.41, 5.74) is 1.18. The Kier molecular flexibility index (Phi) is 4.05. The van der Waals surface area contributed by atoms with Crippen LogP contribution in [0.2, 0.25) is 0 Å². The number of nitrogens with one attached hydrogen (secondary N) is 2. The zero-order valence-corrected chi connectivity index (χ0v) is 12.0. The van der Waals surface area contributed by atoms with E-state index in [0.29, 0.717) is 16.9 Å². The average molecular weight is 312 g/mol. The molecule has 3 rings (SSSR count). The third kappa shape index (κ3) is 3.37. The van der Waals surface area contributed by atoms with E-state index in [1.54, 1.807) is 42.5 Å². The summed E-state index contributed by atoms with van der Waals surface area (Å²) in [7, 11) is 0. The van der Waals surface area contributed by atoms with Gasteiger partial charge in [-0.3, -0.25) is 10.1 Å². The number of halogens is 1. The number of carbonyl (C=O) groups is 2. The molecule has 5 nitrogen and oxygen atoms in total. The summed E-state index contributed by atoms with van der Waals surface area (Å²) in [5.74, 6) is -0.359. The standard InChI is InChI=1S/C17H13FN2O3/c18-13-7-3-1-6-12(13)10-23-15-8-4-2-5-11(15)9-14-16(21)20-17(22)19-14/h1-9H,10H2,(H2,19,20,21,22). The number of hydrogen-bond donors (Lipinski definition) is 2. The molecule has 1 heterocycles. The first-order chi connectivity index (χ1) is 11.1. The van der Waals surface area contributed by atoms with Crippen molar-refractivity contribution in [2.75, 3.05) is 0 Å². The van der Waals surface area contributed by atoms with Crippen molar-refractivity contribution in [2.45, 2.75) is 6.61 Å². The molecule has 1 saturated heterocycles. The third-order valence-corrected chi connectivity index (χ3v) is 3.28. The fourth-order valence-electron chi connectivity index (χ4n) is 2.14. The molecular formula is C17H13FN2O3. The summed E-state index contributed by atoms with van der Waals surface area (Å²) in [4.78, 5) is 22.7. The average Bonchev–Trinajstić information content (AvgIpc) is 2.85. The van der Waals surface area contributed by atoms with Gasteiger partial charge in [0.1, 0.15) is 23.9 Å². The Morgan fingerprint density at radius 3 is 2.48 bits per heavy atom. The Morgan fingerprint density at radius 2 is 1.74 bits per heavy atom. The van der Waals surface area contributed by atoms with Gasteiger partial charge in [0.25, 0.3) is 5.91 Å². The molecule has 0 spiro atoms. The minimum absolute atomic E-state index is 0.0609. The normalized spacial score (nSPS) is 15.4. The van der Waals surface area contributed by atoms with Gasteiger partial charge in [0.15, 0.2) is 0 Å². The van der Waals surface area contributed by atoms with Crippen molar-refractivity contribution < 1.29 is 18.7 Å². The number of rotatable bonds is 4. The van der Waals surface area contributed by atoms with Gasteiger partial charge in [0.05, 0.1) is 0 Å². The van der Waals surface area contributed by atoms with Crippen LogP contribution < -0.4 is 15.4 Å². The number of carbonyl (C=O) groups excluding carboxylic acids is 2. The first-order valence-electron chi connectivity index (χ1n) is 6.93. The second-order valence-corrected chi connectivity index (χ2v) is 4.88. The molecule has 3 amide bonds. The Balaban J connectivity index is 1.81. The molecule has 0 aliphatic carbocycles. The smallest absolute Gasteiger partial charge is 0.326 e. The van der Waals surface area contributed by atoms with E-state index >= 15 is 0 Å². The lowest BCUT2D eigenvalue weighted by Crippen LogP contribution is -2.22. The van der Waals surface area contributed by atoms with E-state index in [9.17, 15) is 14.0 Å². The largest absolute Gasteiger partial charge is 0.488 e. The van der Waals surface area contributed by atoms with E-state index in [1.807, 2.05) is 0 Å². The van der Waals surface area contributed by atoms with Crippen molar-refractivity contribution in [2.24, 2.45) is 0 Å². The van der Waals surface area contributed by atoms with Crippen LogP contribution >= 0.6 is 0 Å². The van der Waals surface area contributed by atoms with Crippen LogP contribution in [0.25, 0.3) is 6.08 Å². The number of benzene rings is 2. The molecule has 1 fully saturated rings. The maximum atomic E-state index is 13.6. The van der Waals surface area contributed by atoms with Crippen LogP contribution in [0.5, 0.6) is 5.75 Å². The van der Waals surface area contributed by atoms with Gasteiger partial charge in [-0.2, -0.15) is 0 Å². The molecule has 6 heteroatoms. The lowest BCUT2D eigenvalue weighted by atomic mass is 10.1. The van der Waals surface area contributed by atoms with Crippen LogP contribution in [0.3, 0.4) is 0 Å². The van der Waals surface area contributed by atoms with E-state index in [-0.39, 0.29) is 18.1 Å². The fourth-order valence-corrected chi connectivity index (χ4v) is 2.14. The van der Waals surface area contributed by atoms with Crippen molar-refractivity contribution in [3.05, 3.63) is 71.2 Å². The van der Waals surface area contributed by atoms with Crippen molar-refractivity contribution in [1.29, 1.82) is 0 Å². The second-order valence-electron chi connectivity index (χ2n) is 4.88. The lowest BCUT2D eigenvalue weighted by molar-refractivity contribution is -0.115. The van der Waals surface area contributed by atoms with Gasteiger partial charge >= 0.3 is 6.03 Å². The van der Waals surface area contributed by atoms with Gasteiger partial charge in [0.2, 0.25) is 0 Å². The van der Waals surface area contributed by atoms with Crippen LogP contribution in [0.4, 0.5) is 9.18 Å². The van der Waals surface area contributed by atoms with Gasteiger partial charge < -0.3 is 10.1 Å². The zero-order valence-electron chi connectivity index (χ0n) is 12.0. The molecule has 23 heavy (non-hydrogen) atoms. The van der Waals surface area contributed by atoms with Crippen molar-refractivity contribution >= 4 is 18.0 Å². The quantitative estimate of drug-likeness (QED) is 0.673. The highest BCUT2D eigenvalue weighted by molar-refractivity contribution is 6.14. The molecule has 2 aromatic carbocycles. The minimum atomic E-state index is -0.564. The first-order valence-corrected chi connectivity index (χ1v) is 6.93. The zero-order chi connectivity index (χ0) is 16.2. The number of ether oxygens (including phenoxy) is 1. The molecule has 2 N–H and O–H groups in total. The first kappa shape index (κ1) is 14.8. The molecule has 0 aromatic heterocycles. The lowest BCUT2D eigenvalue weighted by Gasteiger charge is -2.10. The maximum Gasteiger partial charge on any atom is 0.326 e. The number of imide groups is 1. The van der Waals surface area contributed by atoms with E-state index < -0.39 is 11.9 Å². The molecule has 1 aliphatic rings. The highest BCUT2D eigenvalue weighted by atomic mass is 19.1. The number of urea groups is 1. The van der Waals surface area contributed by atoms with Gasteiger partial charge in [0, 0.05) is 11.1 Å². The third-order valence-electron chi connectivity index (χ3n) is 3.28. The van der Waals surface area contributed by atoms with E-state index in [0.717, 1.165) is 0 Å². The van der Waals surface area contributed by atoms with Gasteiger partial charge in [-0.05, 0) is 18.2 Å². The van der Waals surface area contributed by atoms with Gasteiger partial charge in [-0.15, -0.1) is 0 Å². The molecule has 116 valence electrons. The molecule has 0 atom stereocenters. The highest BCUT2D eigenvalue weighted by Gasteiger charge is 2.23. The van der Waals surface area contributed by atoms with Crippen LogP contribution in [0, 0.1) is 5.82 Å². The Hall–Kier alpha value is -3.15. The van der Waals surface area contributed by atoms with Crippen LogP contribution in [0.15, 0.2) is 54.2 Å². The van der Waals surface area contributed by atoms with Gasteiger partial charge in [-0.1, -0.05) is 36.4 Å². The minimum Gasteiger partial charge on any atom is -0.488 e. The van der Waals surface area contributed by atoms with Crippen molar-refractivity contribution in [3.8, 4) is 5.75 Å². The summed E-state index contributed by atoms with van der Waals surface area (Å²) in [6.45, 7) is 0.0609. The number of amides is 3. The maximum absolute atomic E-state index is 13.6. The van der Waals surface area contributed by atoms with E-state index in [2.05, 4.69) is 10.6 Å². The highest BCUT2D eigenvalue weighted by Crippen LogP contribution is 2.22. The number of para-hydroxylation sites is 1. The summed E-state index contributed by atoms with van der Waals surface area (Å²) >= 11 is 0. The topological polar surface area (TPSA) is 67.4 Å². The Labute approximate surface area is 131 Å². The monoisotopic (exact) mass is 312 g/mol. The molecule has 0 saturated carbocycles. The Morgan fingerprint density at radius 1 is 1.00 bits per heavy atom. The van der Waals surface area contributed by atoms with Crippen molar-refractivity contribution in [1.82, 2.24) is 10.6 Å². The van der Waals surface area contributed by atoms with Crippen molar-refractivity contribution in [3.63, 3.8) is 0 Å². The molecule has 0 bridgehead atoms. The molecule has 2 aromatic rings. The molecular weight excluding hydrogens is 299 g/mol. The van der Waals surface area contributed by atoms with Crippen LogP contribution in [0.1, 0.15) is 11.1 Å². The molecule has 0 radical (unpaired) electrons. The Bertz CT molecular complexity index is 802. The summed E-state index contributed by atoms with van der Waals surface area (Å²) < 4.78 is 19.3. The molecule has 0 unspecified atom stereocenters. The molecule has 1 aliphatic heterocycles. The summed E-state index contributed by atoms with van der Waals surface area (Å²) in [6.07, 6.45) is 1.51. The second kappa shape index (κ2) is 6.31. The summed E-state index contributed by atoms with van der Waals surface area (Å²) in [6, 6.07) is 12.8. The number of hydrogen-bond acceptors (Lipinski definition) is 3. The van der Waals surface area contributed by atoms with E-state index in [4.69, 9.17) is 4.74 Å². The predicted molar refractivity (Wildman–Crippen MR) is 81.8 cm³/mol. The fraction of sp³-hybridized carbons (Fsp3) is 0.0588. The predicted octanol–water partition coefficient (Wildman–Crippen LogP) is 2.58. The van der Waals surface area contributed by atoms with Crippen LogP contribution in [-0.4, -0.2) is 11.9 Å². The van der Waals surface area contributed by atoms with Gasteiger partial charge in [-0.25, -0.2) is 9.18 Å². The SMILES string of the molecule is O=C1NC(=O)C(=Cc2ccccc2OCc2ccccc2F)N1. The van der Waals surface area contributed by atoms with Crippen LogP contribution in [-0.2, 0) is 11.4 Å².